The molecule has 2 aromatic rings. The molecule has 1 N–H and O–H groups in total. The molecule has 22 heavy (non-hydrogen) atoms. The molecule has 0 atom stereocenters. The normalized spacial score (nSPS) is 10.3. The number of carbonyl (C=O) groups is 1. The molecule has 0 heterocycles. The molecule has 2 rings (SSSR count). The van der Waals surface area contributed by atoms with Crippen LogP contribution in [0.3, 0.4) is 0 Å². The second-order valence-electron chi connectivity index (χ2n) is 4.87. The molecule has 116 valence electrons. The van der Waals surface area contributed by atoms with Crippen LogP contribution in [-0.2, 0) is 4.74 Å². The molecular weight excluding hydrogens is 278 g/mol. The van der Waals surface area contributed by atoms with E-state index < -0.39 is 0 Å². The molecule has 4 heteroatoms. The first-order valence-electron chi connectivity index (χ1n) is 7.38. The Bertz CT molecular complexity index is 625. The average molecular weight is 299 g/mol. The number of hydrogen-bond acceptors (Lipinski definition) is 3. The van der Waals surface area contributed by atoms with Gasteiger partial charge in [-0.15, -0.1) is 0 Å². The molecule has 0 saturated carbocycles. The summed E-state index contributed by atoms with van der Waals surface area (Å²) in [5.41, 5.74) is 2.34. The summed E-state index contributed by atoms with van der Waals surface area (Å²) in [7, 11) is 0. The monoisotopic (exact) mass is 299 g/mol. The lowest BCUT2D eigenvalue weighted by molar-refractivity contribution is 0.102. The molecular formula is C18H21NO3. The predicted molar refractivity (Wildman–Crippen MR) is 87.6 cm³/mol. The molecule has 0 aromatic heterocycles. The van der Waals surface area contributed by atoms with Gasteiger partial charge in [0.15, 0.2) is 0 Å². The van der Waals surface area contributed by atoms with Crippen molar-refractivity contribution in [2.45, 2.75) is 13.8 Å². The van der Waals surface area contributed by atoms with Crippen LogP contribution in [0.25, 0.3) is 0 Å². The number of anilines is 1. The SMILES string of the molecule is CCOCCOc1ccccc1NC(=O)c1cccc(C)c1. The Morgan fingerprint density at radius 3 is 2.68 bits per heavy atom. The van der Waals surface area contributed by atoms with Gasteiger partial charge in [0.25, 0.3) is 5.91 Å². The fraction of sp³-hybridized carbons (Fsp3) is 0.278. The van der Waals surface area contributed by atoms with Crippen molar-refractivity contribution in [1.82, 2.24) is 0 Å². The van der Waals surface area contributed by atoms with Gasteiger partial charge in [-0.25, -0.2) is 0 Å². The van der Waals surface area contributed by atoms with Crippen molar-refractivity contribution in [3.63, 3.8) is 0 Å². The maximum absolute atomic E-state index is 12.3. The molecule has 0 aliphatic heterocycles. The summed E-state index contributed by atoms with van der Waals surface area (Å²) in [6, 6.07) is 14.9. The minimum absolute atomic E-state index is 0.149. The van der Waals surface area contributed by atoms with E-state index in [1.165, 1.54) is 0 Å². The van der Waals surface area contributed by atoms with Crippen LogP contribution in [0.1, 0.15) is 22.8 Å². The number of hydrogen-bond donors (Lipinski definition) is 1. The Morgan fingerprint density at radius 1 is 1.09 bits per heavy atom. The van der Waals surface area contributed by atoms with Crippen molar-refractivity contribution < 1.29 is 14.3 Å². The summed E-state index contributed by atoms with van der Waals surface area (Å²) in [5.74, 6) is 0.493. The van der Waals surface area contributed by atoms with Crippen LogP contribution in [0.4, 0.5) is 5.69 Å². The summed E-state index contributed by atoms with van der Waals surface area (Å²) in [5, 5.41) is 2.89. The van der Waals surface area contributed by atoms with Crippen LogP contribution in [0.2, 0.25) is 0 Å². The Kier molecular flexibility index (Phi) is 5.98. The van der Waals surface area contributed by atoms with Crippen LogP contribution < -0.4 is 10.1 Å². The van der Waals surface area contributed by atoms with E-state index in [4.69, 9.17) is 9.47 Å². The lowest BCUT2D eigenvalue weighted by Crippen LogP contribution is -2.14. The highest BCUT2D eigenvalue weighted by Crippen LogP contribution is 2.24. The highest BCUT2D eigenvalue weighted by Gasteiger charge is 2.09. The average Bonchev–Trinajstić information content (AvgIpc) is 2.53. The van der Waals surface area contributed by atoms with Crippen molar-refractivity contribution in [3.05, 3.63) is 59.7 Å². The van der Waals surface area contributed by atoms with Crippen molar-refractivity contribution in [3.8, 4) is 5.75 Å². The Labute approximate surface area is 131 Å². The van der Waals surface area contributed by atoms with Gasteiger partial charge in [-0.05, 0) is 38.1 Å². The molecule has 0 aliphatic carbocycles. The number of benzene rings is 2. The van der Waals surface area contributed by atoms with Gasteiger partial charge in [0.05, 0.1) is 12.3 Å². The smallest absolute Gasteiger partial charge is 0.255 e. The van der Waals surface area contributed by atoms with Gasteiger partial charge in [-0.1, -0.05) is 29.8 Å². The van der Waals surface area contributed by atoms with Crippen LogP contribution in [0.15, 0.2) is 48.5 Å². The third kappa shape index (κ3) is 4.60. The number of nitrogens with one attached hydrogen (secondary N) is 1. The first-order chi connectivity index (χ1) is 10.7. The van der Waals surface area contributed by atoms with Gasteiger partial charge in [0.1, 0.15) is 12.4 Å². The maximum atomic E-state index is 12.3. The predicted octanol–water partition coefficient (Wildman–Crippen LogP) is 3.66. The van der Waals surface area contributed by atoms with Crippen LogP contribution in [0, 0.1) is 6.92 Å². The third-order valence-electron chi connectivity index (χ3n) is 3.10. The summed E-state index contributed by atoms with van der Waals surface area (Å²) in [6.07, 6.45) is 0. The molecule has 4 nitrogen and oxygen atoms in total. The number of para-hydroxylation sites is 2. The van der Waals surface area contributed by atoms with Crippen LogP contribution in [0.5, 0.6) is 5.75 Å². The molecule has 0 fully saturated rings. The lowest BCUT2D eigenvalue weighted by Gasteiger charge is -2.12. The highest BCUT2D eigenvalue weighted by molar-refractivity contribution is 6.05. The second kappa shape index (κ2) is 8.20. The molecule has 0 spiro atoms. The Morgan fingerprint density at radius 2 is 1.91 bits per heavy atom. The number of rotatable bonds is 7. The minimum Gasteiger partial charge on any atom is -0.489 e. The highest BCUT2D eigenvalue weighted by atomic mass is 16.5. The molecule has 0 saturated heterocycles. The van der Waals surface area contributed by atoms with Gasteiger partial charge >= 0.3 is 0 Å². The number of carbonyl (C=O) groups excluding carboxylic acids is 1. The van der Waals surface area contributed by atoms with E-state index in [-0.39, 0.29) is 5.91 Å². The molecule has 2 aromatic carbocycles. The van der Waals surface area contributed by atoms with Gasteiger partial charge < -0.3 is 14.8 Å². The summed E-state index contributed by atoms with van der Waals surface area (Å²) < 4.78 is 10.9. The topological polar surface area (TPSA) is 47.6 Å². The van der Waals surface area contributed by atoms with E-state index in [9.17, 15) is 4.79 Å². The van der Waals surface area contributed by atoms with E-state index in [0.29, 0.717) is 36.8 Å². The number of amides is 1. The molecule has 0 unspecified atom stereocenters. The van der Waals surface area contributed by atoms with Gasteiger partial charge in [-0.2, -0.15) is 0 Å². The Balaban J connectivity index is 2.04. The first-order valence-corrected chi connectivity index (χ1v) is 7.38. The minimum atomic E-state index is -0.149. The number of aryl methyl sites for hydroxylation is 1. The molecule has 1 amide bonds. The van der Waals surface area contributed by atoms with Crippen LogP contribution >= 0.6 is 0 Å². The van der Waals surface area contributed by atoms with E-state index in [1.807, 2.05) is 56.3 Å². The molecule has 0 bridgehead atoms. The Hall–Kier alpha value is -2.33. The maximum Gasteiger partial charge on any atom is 0.255 e. The molecule has 0 radical (unpaired) electrons. The fourth-order valence-electron chi connectivity index (χ4n) is 2.03. The van der Waals surface area contributed by atoms with Crippen molar-refractivity contribution in [1.29, 1.82) is 0 Å². The summed E-state index contributed by atoms with van der Waals surface area (Å²) in [6.45, 7) is 5.54. The van der Waals surface area contributed by atoms with Gasteiger partial charge in [0.2, 0.25) is 0 Å². The van der Waals surface area contributed by atoms with E-state index >= 15 is 0 Å². The van der Waals surface area contributed by atoms with E-state index in [2.05, 4.69) is 5.32 Å². The zero-order valence-corrected chi connectivity index (χ0v) is 13.0. The largest absolute Gasteiger partial charge is 0.489 e. The van der Waals surface area contributed by atoms with Crippen LogP contribution in [-0.4, -0.2) is 25.7 Å². The van der Waals surface area contributed by atoms with E-state index in [1.54, 1.807) is 6.07 Å². The quantitative estimate of drug-likeness (QED) is 0.794. The standard InChI is InChI=1S/C18H21NO3/c1-3-21-11-12-22-17-10-5-4-9-16(17)19-18(20)15-8-6-7-14(2)13-15/h4-10,13H,3,11-12H2,1-2H3,(H,19,20). The van der Waals surface area contributed by atoms with Gasteiger partial charge in [0, 0.05) is 12.2 Å². The van der Waals surface area contributed by atoms with Crippen molar-refractivity contribution in [2.75, 3.05) is 25.1 Å². The number of ether oxygens (including phenoxy) is 2. The van der Waals surface area contributed by atoms with Gasteiger partial charge in [-0.3, -0.25) is 4.79 Å². The fourth-order valence-corrected chi connectivity index (χ4v) is 2.03. The third-order valence-corrected chi connectivity index (χ3v) is 3.10. The summed E-state index contributed by atoms with van der Waals surface area (Å²) >= 11 is 0. The van der Waals surface area contributed by atoms with E-state index in [0.717, 1.165) is 5.56 Å². The zero-order valence-electron chi connectivity index (χ0n) is 13.0. The first kappa shape index (κ1) is 16.0. The summed E-state index contributed by atoms with van der Waals surface area (Å²) in [4.78, 5) is 12.3. The lowest BCUT2D eigenvalue weighted by atomic mass is 10.1. The van der Waals surface area contributed by atoms with Crippen molar-refractivity contribution in [2.24, 2.45) is 0 Å². The zero-order chi connectivity index (χ0) is 15.8. The molecule has 0 aliphatic rings. The second-order valence-corrected chi connectivity index (χ2v) is 4.87. The van der Waals surface area contributed by atoms with Crippen molar-refractivity contribution >= 4 is 11.6 Å².